The van der Waals surface area contributed by atoms with Crippen LogP contribution < -0.4 is 10.5 Å². The van der Waals surface area contributed by atoms with E-state index in [1.54, 1.807) is 7.11 Å². The van der Waals surface area contributed by atoms with Crippen molar-refractivity contribution in [3.8, 4) is 17.0 Å². The maximum absolute atomic E-state index is 6.27. The first kappa shape index (κ1) is 13.5. The van der Waals surface area contributed by atoms with Gasteiger partial charge in [-0.15, -0.1) is 0 Å². The predicted octanol–water partition coefficient (Wildman–Crippen LogP) is 3.11. The van der Waals surface area contributed by atoms with Crippen molar-refractivity contribution in [1.82, 2.24) is 9.55 Å². The molecule has 0 saturated heterocycles. The molecule has 1 heterocycles. The Hall–Kier alpha value is -1.97. The Morgan fingerprint density at radius 3 is 2.63 bits per heavy atom. The molecule has 1 aromatic heterocycles. The van der Waals surface area contributed by atoms with E-state index in [4.69, 9.17) is 10.5 Å². The zero-order valence-corrected chi connectivity index (χ0v) is 11.8. The van der Waals surface area contributed by atoms with Gasteiger partial charge in [0.1, 0.15) is 23.1 Å². The summed E-state index contributed by atoms with van der Waals surface area (Å²) in [5.41, 5.74) is 8.04. The summed E-state index contributed by atoms with van der Waals surface area (Å²) in [4.78, 5) is 4.68. The second-order valence-corrected chi connectivity index (χ2v) is 4.47. The van der Waals surface area contributed by atoms with Gasteiger partial charge < -0.3 is 15.0 Å². The van der Waals surface area contributed by atoms with Crippen LogP contribution in [0, 0.1) is 0 Å². The number of nitrogen functional groups attached to an aromatic ring is 1. The quantitative estimate of drug-likeness (QED) is 0.897. The van der Waals surface area contributed by atoms with Crippen LogP contribution >= 0.6 is 0 Å². The number of ether oxygens (including phenoxy) is 1. The lowest BCUT2D eigenvalue weighted by Gasteiger charge is -2.08. The van der Waals surface area contributed by atoms with Gasteiger partial charge in [-0.05, 0) is 18.6 Å². The molecule has 0 radical (unpaired) electrons. The number of hydrogen-bond acceptors (Lipinski definition) is 3. The van der Waals surface area contributed by atoms with Gasteiger partial charge in [-0.3, -0.25) is 0 Å². The van der Waals surface area contributed by atoms with Crippen molar-refractivity contribution in [2.75, 3.05) is 12.8 Å². The van der Waals surface area contributed by atoms with Crippen LogP contribution in [0.1, 0.15) is 26.1 Å². The van der Waals surface area contributed by atoms with Crippen molar-refractivity contribution < 1.29 is 4.74 Å². The van der Waals surface area contributed by atoms with Crippen LogP contribution in [0.2, 0.25) is 0 Å². The molecule has 0 unspecified atom stereocenters. The molecule has 4 nitrogen and oxygen atoms in total. The van der Waals surface area contributed by atoms with Gasteiger partial charge in [-0.1, -0.05) is 26.0 Å². The monoisotopic (exact) mass is 259 g/mol. The minimum atomic E-state index is 0.725. The number of anilines is 1. The minimum absolute atomic E-state index is 0.725. The number of aryl methyl sites for hydroxylation is 1. The average Bonchev–Trinajstić information content (AvgIpc) is 2.76. The highest BCUT2D eigenvalue weighted by molar-refractivity contribution is 5.76. The molecular formula is C15H21N3O. The van der Waals surface area contributed by atoms with Crippen LogP contribution in [0.25, 0.3) is 11.3 Å². The Kier molecular flexibility index (Phi) is 4.10. The first-order valence-corrected chi connectivity index (χ1v) is 6.71. The van der Waals surface area contributed by atoms with E-state index in [2.05, 4.69) is 23.4 Å². The van der Waals surface area contributed by atoms with Gasteiger partial charge in [0.2, 0.25) is 0 Å². The van der Waals surface area contributed by atoms with E-state index in [0.29, 0.717) is 0 Å². The highest BCUT2D eigenvalue weighted by atomic mass is 16.5. The van der Waals surface area contributed by atoms with Crippen LogP contribution in [-0.4, -0.2) is 16.7 Å². The number of aromatic nitrogens is 2. The summed E-state index contributed by atoms with van der Waals surface area (Å²) in [6.45, 7) is 5.14. The summed E-state index contributed by atoms with van der Waals surface area (Å²) < 4.78 is 7.49. The van der Waals surface area contributed by atoms with Crippen molar-refractivity contribution >= 4 is 5.82 Å². The van der Waals surface area contributed by atoms with Gasteiger partial charge in [0.15, 0.2) is 0 Å². The fourth-order valence-corrected chi connectivity index (χ4v) is 2.30. The molecule has 19 heavy (non-hydrogen) atoms. The number of nitrogens with zero attached hydrogens (tertiary/aromatic N) is 2. The molecule has 0 aliphatic carbocycles. The molecule has 2 N–H and O–H groups in total. The standard InChI is InChI=1S/C15H21N3O/c1-4-10-18-13(5-2)17-14(15(18)16)11-8-6-7-9-12(11)19-3/h6-9H,4-5,10,16H2,1-3H3. The van der Waals surface area contributed by atoms with Gasteiger partial charge in [0.25, 0.3) is 0 Å². The lowest BCUT2D eigenvalue weighted by atomic mass is 10.1. The largest absolute Gasteiger partial charge is 0.496 e. The predicted molar refractivity (Wildman–Crippen MR) is 78.3 cm³/mol. The van der Waals surface area contributed by atoms with E-state index < -0.39 is 0 Å². The van der Waals surface area contributed by atoms with Crippen LogP contribution in [0.5, 0.6) is 5.75 Å². The molecule has 102 valence electrons. The maximum Gasteiger partial charge on any atom is 0.131 e. The van der Waals surface area contributed by atoms with E-state index in [0.717, 1.165) is 48.0 Å². The summed E-state index contributed by atoms with van der Waals surface area (Å²) in [5, 5.41) is 0. The fourth-order valence-electron chi connectivity index (χ4n) is 2.30. The van der Waals surface area contributed by atoms with E-state index in [1.165, 1.54) is 0 Å². The summed E-state index contributed by atoms with van der Waals surface area (Å²) in [7, 11) is 1.67. The Morgan fingerprint density at radius 1 is 1.26 bits per heavy atom. The summed E-state index contributed by atoms with van der Waals surface area (Å²) in [5.74, 6) is 2.56. The first-order chi connectivity index (χ1) is 9.22. The molecule has 2 rings (SSSR count). The summed E-state index contributed by atoms with van der Waals surface area (Å²) in [6, 6.07) is 7.84. The number of benzene rings is 1. The molecule has 0 aliphatic rings. The lowest BCUT2D eigenvalue weighted by Crippen LogP contribution is -2.06. The topological polar surface area (TPSA) is 53.1 Å². The molecule has 0 aliphatic heterocycles. The third kappa shape index (κ3) is 2.43. The zero-order chi connectivity index (χ0) is 13.8. The average molecular weight is 259 g/mol. The highest BCUT2D eigenvalue weighted by Crippen LogP contribution is 2.33. The Morgan fingerprint density at radius 2 is 2.00 bits per heavy atom. The van der Waals surface area contributed by atoms with E-state index in [1.807, 2.05) is 24.3 Å². The lowest BCUT2D eigenvalue weighted by molar-refractivity contribution is 0.416. The second-order valence-electron chi connectivity index (χ2n) is 4.47. The fraction of sp³-hybridized carbons (Fsp3) is 0.400. The van der Waals surface area contributed by atoms with Crippen LogP contribution in [0.15, 0.2) is 24.3 Å². The number of para-hydroxylation sites is 1. The first-order valence-electron chi connectivity index (χ1n) is 6.71. The Balaban J connectivity index is 2.56. The molecule has 0 fully saturated rings. The maximum atomic E-state index is 6.27. The molecule has 0 amide bonds. The van der Waals surface area contributed by atoms with Gasteiger partial charge in [0, 0.05) is 18.5 Å². The molecule has 0 bridgehead atoms. The van der Waals surface area contributed by atoms with Crippen molar-refractivity contribution in [1.29, 1.82) is 0 Å². The number of hydrogen-bond donors (Lipinski definition) is 1. The van der Waals surface area contributed by atoms with Crippen LogP contribution in [-0.2, 0) is 13.0 Å². The normalized spacial score (nSPS) is 10.7. The van der Waals surface area contributed by atoms with Crippen molar-refractivity contribution in [2.45, 2.75) is 33.2 Å². The Bertz CT molecular complexity index is 561. The van der Waals surface area contributed by atoms with Crippen molar-refractivity contribution in [3.05, 3.63) is 30.1 Å². The number of rotatable bonds is 5. The summed E-state index contributed by atoms with van der Waals surface area (Å²) >= 11 is 0. The second kappa shape index (κ2) is 5.78. The van der Waals surface area contributed by atoms with Crippen LogP contribution in [0.3, 0.4) is 0 Å². The Labute approximate surface area is 114 Å². The summed E-state index contributed by atoms with van der Waals surface area (Å²) in [6.07, 6.45) is 1.91. The molecule has 0 atom stereocenters. The molecule has 0 saturated carbocycles. The van der Waals surface area contributed by atoms with E-state index in [9.17, 15) is 0 Å². The molecule has 4 heteroatoms. The molecule has 2 aromatic rings. The van der Waals surface area contributed by atoms with Gasteiger partial charge >= 0.3 is 0 Å². The van der Waals surface area contributed by atoms with Crippen LogP contribution in [0.4, 0.5) is 5.82 Å². The third-order valence-corrected chi connectivity index (χ3v) is 3.21. The third-order valence-electron chi connectivity index (χ3n) is 3.21. The molecular weight excluding hydrogens is 238 g/mol. The SMILES string of the molecule is CCCn1c(CC)nc(-c2ccccc2OC)c1N. The number of nitrogens with two attached hydrogens (primary N) is 1. The van der Waals surface area contributed by atoms with E-state index >= 15 is 0 Å². The minimum Gasteiger partial charge on any atom is -0.496 e. The van der Waals surface area contributed by atoms with Crippen molar-refractivity contribution in [3.63, 3.8) is 0 Å². The molecule has 0 spiro atoms. The smallest absolute Gasteiger partial charge is 0.131 e. The van der Waals surface area contributed by atoms with E-state index in [-0.39, 0.29) is 0 Å². The molecule has 1 aromatic carbocycles. The van der Waals surface area contributed by atoms with Gasteiger partial charge in [0.05, 0.1) is 7.11 Å². The van der Waals surface area contributed by atoms with Crippen molar-refractivity contribution in [2.24, 2.45) is 0 Å². The number of imidazole rings is 1. The zero-order valence-electron chi connectivity index (χ0n) is 11.8. The van der Waals surface area contributed by atoms with Gasteiger partial charge in [-0.2, -0.15) is 0 Å². The number of methoxy groups -OCH3 is 1. The van der Waals surface area contributed by atoms with Gasteiger partial charge in [-0.25, -0.2) is 4.98 Å². The highest BCUT2D eigenvalue weighted by Gasteiger charge is 2.17.